The van der Waals surface area contributed by atoms with Gasteiger partial charge in [0, 0.05) is 64.8 Å². The average molecular weight is 435 g/mol. The molecule has 8 nitrogen and oxygen atoms in total. The van der Waals surface area contributed by atoms with Crippen molar-refractivity contribution >= 4 is 11.6 Å². The van der Waals surface area contributed by atoms with Crippen LogP contribution in [0.2, 0.25) is 0 Å². The molecule has 2 aromatic heterocycles. The second-order valence-electron chi connectivity index (χ2n) is 8.68. The third-order valence-corrected chi connectivity index (χ3v) is 6.48. The van der Waals surface area contributed by atoms with Gasteiger partial charge in [0.15, 0.2) is 5.76 Å². The molecule has 168 valence electrons. The lowest BCUT2D eigenvalue weighted by Gasteiger charge is -2.28. The van der Waals surface area contributed by atoms with Crippen LogP contribution in [0, 0.1) is 0 Å². The Morgan fingerprint density at radius 3 is 2.94 bits per heavy atom. The van der Waals surface area contributed by atoms with E-state index in [1.54, 1.807) is 12.1 Å². The largest absolute Gasteiger partial charge is 0.459 e. The van der Waals surface area contributed by atoms with E-state index in [0.29, 0.717) is 18.7 Å². The Hall–Kier alpha value is -3.13. The smallest absolute Gasteiger partial charge is 0.286 e. The number of amides is 1. The second-order valence-corrected chi connectivity index (χ2v) is 8.68. The van der Waals surface area contributed by atoms with Crippen LogP contribution >= 0.6 is 0 Å². The molecule has 0 atom stereocenters. The monoisotopic (exact) mass is 434 g/mol. The van der Waals surface area contributed by atoms with E-state index in [4.69, 9.17) is 4.42 Å². The van der Waals surface area contributed by atoms with Gasteiger partial charge in [0.2, 0.25) is 0 Å². The van der Waals surface area contributed by atoms with Crippen molar-refractivity contribution in [2.45, 2.75) is 38.8 Å². The van der Waals surface area contributed by atoms with Gasteiger partial charge in [-0.25, -0.2) is 0 Å². The van der Waals surface area contributed by atoms with Gasteiger partial charge in [0.05, 0.1) is 6.26 Å². The van der Waals surface area contributed by atoms with Gasteiger partial charge in [0.1, 0.15) is 11.6 Å². The molecule has 0 aliphatic carbocycles. The highest BCUT2D eigenvalue weighted by molar-refractivity contribution is 5.91. The number of furan rings is 1. The van der Waals surface area contributed by atoms with E-state index in [0.717, 1.165) is 50.8 Å². The number of hydrogen-bond donors (Lipinski definition) is 1. The molecule has 3 aromatic rings. The topological polar surface area (TPSA) is 79.4 Å². The summed E-state index contributed by atoms with van der Waals surface area (Å²) in [4.78, 5) is 16.9. The van der Waals surface area contributed by atoms with Gasteiger partial charge in [-0.1, -0.05) is 12.1 Å². The van der Waals surface area contributed by atoms with Crippen LogP contribution in [0.4, 0.5) is 5.69 Å². The van der Waals surface area contributed by atoms with Crippen LogP contribution in [-0.4, -0.2) is 58.8 Å². The number of aromatic nitrogens is 3. The predicted molar refractivity (Wildman–Crippen MR) is 122 cm³/mol. The summed E-state index contributed by atoms with van der Waals surface area (Å²) in [6, 6.07) is 10.3. The molecular formula is C24H30N6O2. The molecule has 0 fully saturated rings. The molecule has 1 N–H and O–H groups in total. The van der Waals surface area contributed by atoms with Gasteiger partial charge in [-0.3, -0.25) is 9.69 Å². The Morgan fingerprint density at radius 2 is 2.06 bits per heavy atom. The lowest BCUT2D eigenvalue weighted by Crippen LogP contribution is -2.28. The Morgan fingerprint density at radius 1 is 1.12 bits per heavy atom. The van der Waals surface area contributed by atoms with E-state index in [2.05, 4.69) is 55.1 Å². The first-order valence-corrected chi connectivity index (χ1v) is 11.5. The minimum atomic E-state index is -0.201. The van der Waals surface area contributed by atoms with Crippen LogP contribution in [0.1, 0.15) is 39.8 Å². The summed E-state index contributed by atoms with van der Waals surface area (Å²) in [6.07, 6.45) is 5.45. The Balaban J connectivity index is 1.17. The molecule has 2 aliphatic rings. The summed E-state index contributed by atoms with van der Waals surface area (Å²) >= 11 is 0. The fourth-order valence-electron chi connectivity index (χ4n) is 4.75. The van der Waals surface area contributed by atoms with Crippen molar-refractivity contribution in [3.8, 4) is 0 Å². The molecule has 32 heavy (non-hydrogen) atoms. The minimum Gasteiger partial charge on any atom is -0.459 e. The van der Waals surface area contributed by atoms with Crippen LogP contribution in [0.15, 0.2) is 41.0 Å². The standard InChI is InChI=1S/C24H30N6O2/c1-28-11-2-4-19-16-18(6-7-20(19)28)17-29-12-9-23-27-26-22(30(23)14-13-29)8-10-25-24(31)21-5-3-15-32-21/h3,5-7,15-16H,2,4,8-14,17H2,1H3,(H,25,31). The maximum atomic E-state index is 12.0. The summed E-state index contributed by atoms with van der Waals surface area (Å²) in [5, 5.41) is 11.7. The van der Waals surface area contributed by atoms with Crippen molar-refractivity contribution in [3.63, 3.8) is 0 Å². The number of hydrogen-bond acceptors (Lipinski definition) is 6. The van der Waals surface area contributed by atoms with E-state index >= 15 is 0 Å². The number of carbonyl (C=O) groups excluding carboxylic acids is 1. The number of nitrogens with one attached hydrogen (secondary N) is 1. The number of rotatable bonds is 6. The predicted octanol–water partition coefficient (Wildman–Crippen LogP) is 2.28. The van der Waals surface area contributed by atoms with Gasteiger partial charge < -0.3 is 19.2 Å². The molecule has 0 saturated carbocycles. The number of anilines is 1. The number of nitrogens with zero attached hydrogens (tertiary/aromatic N) is 5. The first-order valence-electron chi connectivity index (χ1n) is 11.5. The summed E-state index contributed by atoms with van der Waals surface area (Å²) in [7, 11) is 2.18. The van der Waals surface area contributed by atoms with E-state index in [1.807, 2.05) is 0 Å². The highest BCUT2D eigenvalue weighted by Crippen LogP contribution is 2.27. The zero-order valence-corrected chi connectivity index (χ0v) is 18.6. The third-order valence-electron chi connectivity index (χ3n) is 6.48. The molecule has 0 saturated heterocycles. The highest BCUT2D eigenvalue weighted by Gasteiger charge is 2.20. The van der Waals surface area contributed by atoms with Gasteiger partial charge in [-0.15, -0.1) is 10.2 Å². The number of carbonyl (C=O) groups is 1. The molecule has 8 heteroatoms. The van der Waals surface area contributed by atoms with Crippen LogP contribution in [0.5, 0.6) is 0 Å². The zero-order valence-electron chi connectivity index (χ0n) is 18.6. The van der Waals surface area contributed by atoms with Crippen molar-refractivity contribution in [1.29, 1.82) is 0 Å². The van der Waals surface area contributed by atoms with Crippen molar-refractivity contribution in [3.05, 3.63) is 65.1 Å². The van der Waals surface area contributed by atoms with Crippen LogP contribution < -0.4 is 10.2 Å². The van der Waals surface area contributed by atoms with Gasteiger partial charge in [-0.05, 0) is 42.2 Å². The van der Waals surface area contributed by atoms with Crippen LogP contribution in [0.25, 0.3) is 0 Å². The highest BCUT2D eigenvalue weighted by atomic mass is 16.3. The maximum Gasteiger partial charge on any atom is 0.286 e. The molecule has 0 spiro atoms. The molecule has 0 bridgehead atoms. The maximum absolute atomic E-state index is 12.0. The summed E-state index contributed by atoms with van der Waals surface area (Å²) < 4.78 is 7.36. The Kier molecular flexibility index (Phi) is 5.94. The SMILES string of the molecule is CN1CCCc2cc(CN3CCc4nnc(CCNC(=O)c5ccco5)n4CC3)ccc21. The van der Waals surface area contributed by atoms with Crippen molar-refractivity contribution < 1.29 is 9.21 Å². The molecular weight excluding hydrogens is 404 g/mol. The zero-order chi connectivity index (χ0) is 21.9. The third kappa shape index (κ3) is 4.41. The van der Waals surface area contributed by atoms with Crippen LogP contribution in [-0.2, 0) is 32.4 Å². The van der Waals surface area contributed by atoms with Gasteiger partial charge >= 0.3 is 0 Å². The number of benzene rings is 1. The normalized spacial score (nSPS) is 16.3. The van der Waals surface area contributed by atoms with Crippen molar-refractivity contribution in [1.82, 2.24) is 25.0 Å². The molecule has 1 aromatic carbocycles. The first kappa shape index (κ1) is 20.8. The molecule has 0 unspecified atom stereocenters. The van der Waals surface area contributed by atoms with Crippen molar-refractivity contribution in [2.75, 3.05) is 38.1 Å². The molecule has 1 amide bonds. The molecule has 4 heterocycles. The fraction of sp³-hybridized carbons (Fsp3) is 0.458. The lowest BCUT2D eigenvalue weighted by atomic mass is 9.99. The first-order chi connectivity index (χ1) is 15.7. The quantitative estimate of drug-likeness (QED) is 0.641. The number of fused-ring (bicyclic) bond motifs is 2. The van der Waals surface area contributed by atoms with Crippen molar-refractivity contribution in [2.24, 2.45) is 0 Å². The minimum absolute atomic E-state index is 0.201. The fourth-order valence-corrected chi connectivity index (χ4v) is 4.75. The molecule has 5 rings (SSSR count). The Bertz CT molecular complexity index is 1070. The Labute approximate surface area is 188 Å². The molecule has 2 aliphatic heterocycles. The summed E-state index contributed by atoms with van der Waals surface area (Å²) in [6.45, 7) is 5.43. The van der Waals surface area contributed by atoms with E-state index < -0.39 is 0 Å². The number of aryl methyl sites for hydroxylation is 1. The average Bonchev–Trinajstić information content (AvgIpc) is 3.42. The summed E-state index contributed by atoms with van der Waals surface area (Å²) in [5.74, 6) is 2.09. The van der Waals surface area contributed by atoms with E-state index in [1.165, 1.54) is 35.9 Å². The second kappa shape index (κ2) is 9.16. The lowest BCUT2D eigenvalue weighted by molar-refractivity contribution is 0.0926. The van der Waals surface area contributed by atoms with Crippen LogP contribution in [0.3, 0.4) is 0 Å². The van der Waals surface area contributed by atoms with E-state index in [-0.39, 0.29) is 5.91 Å². The summed E-state index contributed by atoms with van der Waals surface area (Å²) in [5.41, 5.74) is 4.24. The van der Waals surface area contributed by atoms with E-state index in [9.17, 15) is 4.79 Å². The van der Waals surface area contributed by atoms with Gasteiger partial charge in [0.25, 0.3) is 5.91 Å². The van der Waals surface area contributed by atoms with Gasteiger partial charge in [-0.2, -0.15) is 0 Å². The molecule has 0 radical (unpaired) electrons.